The third kappa shape index (κ3) is 4.23. The van der Waals surface area contributed by atoms with Crippen molar-refractivity contribution in [3.05, 3.63) is 89.7 Å². The number of nitrogens with zero attached hydrogens (tertiary/aromatic N) is 2. The molecule has 0 saturated heterocycles. The summed E-state index contributed by atoms with van der Waals surface area (Å²) in [6.07, 6.45) is 0. The Balaban J connectivity index is 1.68. The van der Waals surface area contributed by atoms with Gasteiger partial charge in [-0.3, -0.25) is 4.79 Å². The van der Waals surface area contributed by atoms with Crippen molar-refractivity contribution in [2.75, 3.05) is 14.2 Å². The molecule has 6 heteroatoms. The van der Waals surface area contributed by atoms with E-state index in [1.54, 1.807) is 32.4 Å². The van der Waals surface area contributed by atoms with Crippen molar-refractivity contribution in [1.82, 2.24) is 14.9 Å². The lowest BCUT2D eigenvalue weighted by atomic mass is 10.1. The van der Waals surface area contributed by atoms with Crippen LogP contribution in [0.4, 0.5) is 0 Å². The zero-order chi connectivity index (χ0) is 21.8. The third-order valence-corrected chi connectivity index (χ3v) is 5.27. The van der Waals surface area contributed by atoms with Gasteiger partial charge < -0.3 is 19.4 Å². The van der Waals surface area contributed by atoms with Gasteiger partial charge in [0.25, 0.3) is 5.91 Å². The van der Waals surface area contributed by atoms with E-state index < -0.39 is 0 Å². The van der Waals surface area contributed by atoms with Crippen molar-refractivity contribution in [2.24, 2.45) is 0 Å². The van der Waals surface area contributed by atoms with Crippen molar-refractivity contribution in [1.29, 1.82) is 0 Å². The highest BCUT2D eigenvalue weighted by Crippen LogP contribution is 2.26. The van der Waals surface area contributed by atoms with Crippen LogP contribution >= 0.6 is 0 Å². The van der Waals surface area contributed by atoms with Crippen LogP contribution in [-0.2, 0) is 6.54 Å². The number of carbonyl (C=O) groups is 1. The molecule has 1 amide bonds. The number of ether oxygens (including phenoxy) is 2. The van der Waals surface area contributed by atoms with Crippen LogP contribution in [0.2, 0.25) is 0 Å². The second-order valence-electron chi connectivity index (χ2n) is 7.28. The maximum absolute atomic E-state index is 12.9. The summed E-state index contributed by atoms with van der Waals surface area (Å²) in [6.45, 7) is 2.53. The summed E-state index contributed by atoms with van der Waals surface area (Å²) in [6, 6.07) is 22.7. The summed E-state index contributed by atoms with van der Waals surface area (Å²) >= 11 is 0. The topological polar surface area (TPSA) is 65.4 Å². The number of hydrogen-bond donors (Lipinski definition) is 1. The van der Waals surface area contributed by atoms with Gasteiger partial charge in [-0.15, -0.1) is 0 Å². The summed E-state index contributed by atoms with van der Waals surface area (Å²) < 4.78 is 12.9. The largest absolute Gasteiger partial charge is 0.497 e. The summed E-state index contributed by atoms with van der Waals surface area (Å²) in [4.78, 5) is 17.7. The number of imidazole rings is 1. The minimum atomic E-state index is -0.305. The molecule has 158 valence electrons. The van der Waals surface area contributed by atoms with Gasteiger partial charge in [-0.2, -0.15) is 0 Å². The molecule has 1 unspecified atom stereocenters. The molecule has 0 aliphatic carbocycles. The average Bonchev–Trinajstić information content (AvgIpc) is 3.18. The molecule has 4 aromatic rings. The van der Waals surface area contributed by atoms with Gasteiger partial charge in [0.2, 0.25) is 0 Å². The number of carbonyl (C=O) groups excluding carboxylic acids is 1. The molecule has 0 fully saturated rings. The first-order chi connectivity index (χ1) is 15.1. The number of benzene rings is 3. The fourth-order valence-corrected chi connectivity index (χ4v) is 3.70. The Morgan fingerprint density at radius 2 is 1.77 bits per heavy atom. The molecular formula is C25H25N3O3. The van der Waals surface area contributed by atoms with E-state index in [9.17, 15) is 4.79 Å². The molecule has 1 atom stereocenters. The summed E-state index contributed by atoms with van der Waals surface area (Å²) in [5.74, 6) is 2.06. The zero-order valence-electron chi connectivity index (χ0n) is 17.8. The van der Waals surface area contributed by atoms with E-state index in [1.165, 1.54) is 0 Å². The second kappa shape index (κ2) is 8.92. The van der Waals surface area contributed by atoms with Crippen LogP contribution in [0.25, 0.3) is 11.0 Å². The number of rotatable bonds is 7. The van der Waals surface area contributed by atoms with Crippen molar-refractivity contribution in [3.8, 4) is 11.5 Å². The Morgan fingerprint density at radius 3 is 2.58 bits per heavy atom. The first-order valence-corrected chi connectivity index (χ1v) is 10.1. The van der Waals surface area contributed by atoms with Crippen molar-refractivity contribution >= 4 is 16.9 Å². The monoisotopic (exact) mass is 415 g/mol. The fourth-order valence-electron chi connectivity index (χ4n) is 3.70. The SMILES string of the molecule is COc1cccc(C(=O)NC(C)c2nc3ccccc3n2Cc2ccccc2OC)c1. The summed E-state index contributed by atoms with van der Waals surface area (Å²) in [7, 11) is 3.25. The minimum Gasteiger partial charge on any atom is -0.497 e. The van der Waals surface area contributed by atoms with Crippen molar-refractivity contribution in [3.63, 3.8) is 0 Å². The highest BCUT2D eigenvalue weighted by atomic mass is 16.5. The summed E-state index contributed by atoms with van der Waals surface area (Å²) in [5.41, 5.74) is 3.47. The quantitative estimate of drug-likeness (QED) is 0.479. The molecule has 0 aliphatic rings. The Bertz CT molecular complexity index is 1220. The van der Waals surface area contributed by atoms with E-state index in [0.29, 0.717) is 17.9 Å². The predicted molar refractivity (Wildman–Crippen MR) is 121 cm³/mol. The molecule has 1 heterocycles. The average molecular weight is 415 g/mol. The number of nitrogens with one attached hydrogen (secondary N) is 1. The van der Waals surface area contributed by atoms with E-state index in [4.69, 9.17) is 14.5 Å². The molecule has 0 spiro atoms. The lowest BCUT2D eigenvalue weighted by molar-refractivity contribution is 0.0937. The third-order valence-electron chi connectivity index (χ3n) is 5.27. The van der Waals surface area contributed by atoms with E-state index in [-0.39, 0.29) is 11.9 Å². The van der Waals surface area contributed by atoms with Gasteiger partial charge in [-0.05, 0) is 43.3 Å². The van der Waals surface area contributed by atoms with Crippen molar-refractivity contribution in [2.45, 2.75) is 19.5 Å². The molecule has 0 bridgehead atoms. The number of fused-ring (bicyclic) bond motifs is 1. The standard InChI is InChI=1S/C25H25N3O3/c1-17(26-25(29)18-10-8-11-20(15-18)30-2)24-27-21-12-5-6-13-22(21)28(24)16-19-9-4-7-14-23(19)31-3/h4-15,17H,16H2,1-3H3,(H,26,29). The lowest BCUT2D eigenvalue weighted by Gasteiger charge is -2.18. The van der Waals surface area contributed by atoms with Gasteiger partial charge in [-0.1, -0.05) is 36.4 Å². The van der Waals surface area contributed by atoms with Crippen LogP contribution in [0.1, 0.15) is 34.7 Å². The maximum Gasteiger partial charge on any atom is 0.251 e. The molecule has 0 saturated carbocycles. The molecule has 4 rings (SSSR count). The number of hydrogen-bond acceptors (Lipinski definition) is 4. The number of amides is 1. The van der Waals surface area contributed by atoms with Crippen LogP contribution in [0.3, 0.4) is 0 Å². The molecular weight excluding hydrogens is 390 g/mol. The Hall–Kier alpha value is -3.80. The fraction of sp³-hybridized carbons (Fsp3) is 0.200. The smallest absolute Gasteiger partial charge is 0.251 e. The second-order valence-corrected chi connectivity index (χ2v) is 7.28. The zero-order valence-corrected chi connectivity index (χ0v) is 17.8. The van der Waals surface area contributed by atoms with Crippen LogP contribution in [-0.4, -0.2) is 29.7 Å². The Morgan fingerprint density at radius 1 is 1.00 bits per heavy atom. The highest BCUT2D eigenvalue weighted by Gasteiger charge is 2.20. The summed E-state index contributed by atoms with van der Waals surface area (Å²) in [5, 5.41) is 3.07. The maximum atomic E-state index is 12.9. The van der Waals surface area contributed by atoms with Gasteiger partial charge in [0.15, 0.2) is 0 Å². The molecule has 3 aromatic carbocycles. The highest BCUT2D eigenvalue weighted by molar-refractivity contribution is 5.94. The van der Waals surface area contributed by atoms with Crippen molar-refractivity contribution < 1.29 is 14.3 Å². The van der Waals surface area contributed by atoms with Crippen LogP contribution in [0, 0.1) is 0 Å². The number of methoxy groups -OCH3 is 2. The van der Waals surface area contributed by atoms with Gasteiger partial charge >= 0.3 is 0 Å². The number of aromatic nitrogens is 2. The van der Waals surface area contributed by atoms with Gasteiger partial charge in [0.05, 0.1) is 37.8 Å². The molecule has 1 aromatic heterocycles. The van der Waals surface area contributed by atoms with Gasteiger partial charge in [-0.25, -0.2) is 4.98 Å². The molecule has 31 heavy (non-hydrogen) atoms. The number of para-hydroxylation sites is 3. The van der Waals surface area contributed by atoms with E-state index in [0.717, 1.165) is 28.2 Å². The molecule has 0 radical (unpaired) electrons. The van der Waals surface area contributed by atoms with E-state index in [2.05, 4.69) is 9.88 Å². The predicted octanol–water partition coefficient (Wildman–Crippen LogP) is 4.59. The van der Waals surface area contributed by atoms with E-state index in [1.807, 2.05) is 61.5 Å². The van der Waals surface area contributed by atoms with Gasteiger partial charge in [0, 0.05) is 11.1 Å². The Labute approximate surface area is 181 Å². The van der Waals surface area contributed by atoms with Gasteiger partial charge in [0.1, 0.15) is 17.3 Å². The first-order valence-electron chi connectivity index (χ1n) is 10.1. The van der Waals surface area contributed by atoms with Crippen LogP contribution in [0.5, 0.6) is 11.5 Å². The minimum absolute atomic E-state index is 0.178. The van der Waals surface area contributed by atoms with Crippen LogP contribution < -0.4 is 14.8 Å². The molecule has 1 N–H and O–H groups in total. The first kappa shape index (κ1) is 20.5. The Kier molecular flexibility index (Phi) is 5.89. The molecule has 6 nitrogen and oxygen atoms in total. The van der Waals surface area contributed by atoms with Crippen LogP contribution in [0.15, 0.2) is 72.8 Å². The lowest BCUT2D eigenvalue weighted by Crippen LogP contribution is -2.28. The van der Waals surface area contributed by atoms with E-state index >= 15 is 0 Å². The molecule has 0 aliphatic heterocycles. The normalized spacial score (nSPS) is 11.8.